The Balaban J connectivity index is 1.73. The third kappa shape index (κ3) is 4.09. The number of aromatic nitrogens is 2. The van der Waals surface area contributed by atoms with Crippen molar-refractivity contribution < 1.29 is 4.79 Å². The van der Waals surface area contributed by atoms with Gasteiger partial charge in [-0.15, -0.1) is 0 Å². The first-order valence-electron chi connectivity index (χ1n) is 7.67. The lowest BCUT2D eigenvalue weighted by Crippen LogP contribution is -2.55. The number of amides is 1. The van der Waals surface area contributed by atoms with E-state index in [4.69, 9.17) is 0 Å². The van der Waals surface area contributed by atoms with Gasteiger partial charge in [0.15, 0.2) is 5.16 Å². The molecule has 1 aromatic heterocycles. The van der Waals surface area contributed by atoms with Crippen molar-refractivity contribution in [3.05, 3.63) is 53.9 Å². The smallest absolute Gasteiger partial charge is 0.237 e. The highest BCUT2D eigenvalue weighted by atomic mass is 32.2. The van der Waals surface area contributed by atoms with Crippen LogP contribution in [0.15, 0.2) is 47.9 Å². The van der Waals surface area contributed by atoms with E-state index in [9.17, 15) is 4.79 Å². The summed E-state index contributed by atoms with van der Waals surface area (Å²) in [7, 11) is 0. The van der Waals surface area contributed by atoms with Crippen LogP contribution in [0.1, 0.15) is 11.1 Å². The minimum Gasteiger partial charge on any atom is -0.353 e. The van der Waals surface area contributed by atoms with Crippen molar-refractivity contribution in [3.8, 4) is 0 Å². The molecule has 6 heteroatoms. The zero-order valence-electron chi connectivity index (χ0n) is 13.1. The van der Waals surface area contributed by atoms with Gasteiger partial charge in [-0.1, -0.05) is 42.1 Å². The molecule has 0 saturated carbocycles. The lowest BCUT2D eigenvalue weighted by Gasteiger charge is -2.35. The van der Waals surface area contributed by atoms with Crippen LogP contribution in [-0.2, 0) is 17.8 Å². The molecule has 1 amide bonds. The molecule has 1 N–H and O–H groups in total. The van der Waals surface area contributed by atoms with Crippen LogP contribution in [0.2, 0.25) is 0 Å². The van der Waals surface area contributed by atoms with E-state index in [1.165, 1.54) is 17.3 Å². The second-order valence-corrected chi connectivity index (χ2v) is 6.32. The maximum atomic E-state index is 12.3. The van der Waals surface area contributed by atoms with Crippen molar-refractivity contribution in [3.63, 3.8) is 0 Å². The second-order valence-electron chi connectivity index (χ2n) is 5.55. The van der Waals surface area contributed by atoms with Gasteiger partial charge >= 0.3 is 0 Å². The predicted molar refractivity (Wildman–Crippen MR) is 91.2 cm³/mol. The van der Waals surface area contributed by atoms with Crippen LogP contribution in [0.4, 0.5) is 0 Å². The Morgan fingerprint density at radius 1 is 1.22 bits per heavy atom. The highest BCUT2D eigenvalue weighted by Gasteiger charge is 2.29. The average molecular weight is 328 g/mol. The van der Waals surface area contributed by atoms with Crippen molar-refractivity contribution in [1.29, 1.82) is 0 Å². The molecule has 1 aliphatic rings. The molecule has 0 bridgehead atoms. The molecular weight excluding hydrogens is 308 g/mol. The number of carbonyl (C=O) groups excluding carboxylic acids is 1. The molecule has 0 radical (unpaired) electrons. The van der Waals surface area contributed by atoms with Gasteiger partial charge in [0.25, 0.3) is 0 Å². The Kier molecular flexibility index (Phi) is 5.25. The fourth-order valence-corrected chi connectivity index (χ4v) is 3.09. The van der Waals surface area contributed by atoms with E-state index in [0.29, 0.717) is 13.1 Å². The lowest BCUT2D eigenvalue weighted by atomic mass is 10.0. The summed E-state index contributed by atoms with van der Waals surface area (Å²) in [4.78, 5) is 23.2. The highest BCUT2D eigenvalue weighted by Crippen LogP contribution is 2.16. The molecule has 0 spiro atoms. The highest BCUT2D eigenvalue weighted by molar-refractivity contribution is 7.98. The zero-order valence-corrected chi connectivity index (χ0v) is 13.9. The molecule has 23 heavy (non-hydrogen) atoms. The summed E-state index contributed by atoms with van der Waals surface area (Å²) < 4.78 is 0. The van der Waals surface area contributed by atoms with Gasteiger partial charge in [-0.05, 0) is 18.2 Å². The Hall–Kier alpha value is -1.92. The summed E-state index contributed by atoms with van der Waals surface area (Å²) in [6, 6.07) is 10.00. The zero-order chi connectivity index (χ0) is 16.1. The first-order chi connectivity index (χ1) is 11.3. The molecule has 1 unspecified atom stereocenters. The number of nitrogens with zero attached hydrogens (tertiary/aromatic N) is 3. The number of piperazine rings is 1. The fraction of sp³-hybridized carbons (Fsp3) is 0.353. The van der Waals surface area contributed by atoms with E-state index < -0.39 is 0 Å². The van der Waals surface area contributed by atoms with Gasteiger partial charge in [-0.25, -0.2) is 9.97 Å². The maximum absolute atomic E-state index is 12.3. The average Bonchev–Trinajstić information content (AvgIpc) is 2.59. The summed E-state index contributed by atoms with van der Waals surface area (Å²) in [5.41, 5.74) is 2.21. The largest absolute Gasteiger partial charge is 0.353 e. The SMILES string of the molecule is CSc1ncc(CN2CCNC(=O)C2Cc2ccccc2)cn1. The van der Waals surface area contributed by atoms with Crippen LogP contribution in [0.5, 0.6) is 0 Å². The lowest BCUT2D eigenvalue weighted by molar-refractivity contribution is -0.129. The normalized spacial score (nSPS) is 18.7. The monoisotopic (exact) mass is 328 g/mol. The van der Waals surface area contributed by atoms with Crippen LogP contribution < -0.4 is 5.32 Å². The number of benzene rings is 1. The van der Waals surface area contributed by atoms with E-state index in [1.807, 2.05) is 36.8 Å². The standard InChI is InChI=1S/C17H20N4OS/c1-23-17-19-10-14(11-20-17)12-21-8-7-18-16(22)15(21)9-13-5-3-2-4-6-13/h2-6,10-11,15H,7-9,12H2,1H3,(H,18,22). The molecule has 5 nitrogen and oxygen atoms in total. The summed E-state index contributed by atoms with van der Waals surface area (Å²) in [6.45, 7) is 2.22. The fourth-order valence-electron chi connectivity index (χ4n) is 2.78. The van der Waals surface area contributed by atoms with E-state index in [2.05, 4.69) is 32.3 Å². The van der Waals surface area contributed by atoms with Gasteiger partial charge in [0.05, 0.1) is 6.04 Å². The van der Waals surface area contributed by atoms with Crippen LogP contribution in [0, 0.1) is 0 Å². The Morgan fingerprint density at radius 3 is 2.65 bits per heavy atom. The third-order valence-corrected chi connectivity index (χ3v) is 4.54. The van der Waals surface area contributed by atoms with Crippen molar-refractivity contribution in [2.24, 2.45) is 0 Å². The first kappa shape index (κ1) is 16.0. The van der Waals surface area contributed by atoms with Crippen LogP contribution >= 0.6 is 11.8 Å². The minimum atomic E-state index is -0.147. The molecule has 1 saturated heterocycles. The molecule has 2 heterocycles. The quantitative estimate of drug-likeness (QED) is 0.669. The number of hydrogen-bond donors (Lipinski definition) is 1. The van der Waals surface area contributed by atoms with E-state index in [1.54, 1.807) is 0 Å². The molecule has 1 atom stereocenters. The molecular formula is C17H20N4OS. The Labute approximate surface area is 140 Å². The molecule has 1 aromatic carbocycles. The van der Waals surface area contributed by atoms with Gasteiger partial charge < -0.3 is 5.32 Å². The third-order valence-electron chi connectivity index (χ3n) is 3.96. The number of hydrogen-bond acceptors (Lipinski definition) is 5. The van der Waals surface area contributed by atoms with Crippen molar-refractivity contribution in [2.45, 2.75) is 24.2 Å². The maximum Gasteiger partial charge on any atom is 0.237 e. The Morgan fingerprint density at radius 2 is 1.96 bits per heavy atom. The molecule has 0 aliphatic carbocycles. The van der Waals surface area contributed by atoms with Crippen molar-refractivity contribution >= 4 is 17.7 Å². The second kappa shape index (κ2) is 7.57. The van der Waals surface area contributed by atoms with Crippen LogP contribution in [0.3, 0.4) is 0 Å². The summed E-state index contributed by atoms with van der Waals surface area (Å²) in [5, 5.41) is 3.74. The van der Waals surface area contributed by atoms with Gasteiger partial charge in [-0.2, -0.15) is 0 Å². The Bertz CT molecular complexity index is 647. The molecule has 1 aliphatic heterocycles. The summed E-state index contributed by atoms with van der Waals surface area (Å²) >= 11 is 1.53. The molecule has 2 aromatic rings. The summed E-state index contributed by atoms with van der Waals surface area (Å²) in [5.74, 6) is 0.0988. The minimum absolute atomic E-state index is 0.0988. The van der Waals surface area contributed by atoms with Gasteiger partial charge in [0, 0.05) is 37.6 Å². The molecule has 120 valence electrons. The van der Waals surface area contributed by atoms with Gasteiger partial charge in [0.2, 0.25) is 5.91 Å². The van der Waals surface area contributed by atoms with Crippen molar-refractivity contribution in [2.75, 3.05) is 19.3 Å². The number of carbonyl (C=O) groups is 1. The topological polar surface area (TPSA) is 58.1 Å². The first-order valence-corrected chi connectivity index (χ1v) is 8.89. The van der Waals surface area contributed by atoms with E-state index >= 15 is 0 Å². The summed E-state index contributed by atoms with van der Waals surface area (Å²) in [6.07, 6.45) is 6.38. The van der Waals surface area contributed by atoms with Crippen LogP contribution in [0.25, 0.3) is 0 Å². The van der Waals surface area contributed by atoms with Crippen molar-refractivity contribution in [1.82, 2.24) is 20.2 Å². The van der Waals surface area contributed by atoms with E-state index in [0.717, 1.165) is 23.7 Å². The van der Waals surface area contributed by atoms with Gasteiger partial charge in [0.1, 0.15) is 0 Å². The molecule has 1 fully saturated rings. The van der Waals surface area contributed by atoms with E-state index in [-0.39, 0.29) is 11.9 Å². The number of thioether (sulfide) groups is 1. The number of rotatable bonds is 5. The predicted octanol–water partition coefficient (Wildman–Crippen LogP) is 1.74. The van der Waals surface area contributed by atoms with Gasteiger partial charge in [-0.3, -0.25) is 9.69 Å². The number of nitrogens with one attached hydrogen (secondary N) is 1. The van der Waals surface area contributed by atoms with Crippen LogP contribution in [-0.4, -0.2) is 46.2 Å². The molecule has 3 rings (SSSR count).